The molecule has 3 heterocycles. The van der Waals surface area contributed by atoms with E-state index in [0.29, 0.717) is 0 Å². The minimum Gasteiger partial charge on any atom is -0.379 e. The number of anilines is 1. The second kappa shape index (κ2) is 5.88. The first kappa shape index (κ1) is 12.9. The van der Waals surface area contributed by atoms with Crippen LogP contribution in [-0.4, -0.2) is 55.3 Å². The molecule has 4 nitrogen and oxygen atoms in total. The van der Waals surface area contributed by atoms with Crippen molar-refractivity contribution in [3.63, 3.8) is 0 Å². The number of rotatable bonds is 2. The van der Waals surface area contributed by atoms with Crippen molar-refractivity contribution in [1.82, 2.24) is 9.88 Å². The summed E-state index contributed by atoms with van der Waals surface area (Å²) in [6.07, 6.45) is 4.52. The largest absolute Gasteiger partial charge is 0.379 e. The number of piperidine rings is 1. The molecule has 3 rings (SSSR count). The van der Waals surface area contributed by atoms with Gasteiger partial charge in [0.1, 0.15) is 0 Å². The molecule has 0 aromatic carbocycles. The van der Waals surface area contributed by atoms with Crippen LogP contribution in [0.4, 0.5) is 5.69 Å². The van der Waals surface area contributed by atoms with Gasteiger partial charge in [0.15, 0.2) is 0 Å². The van der Waals surface area contributed by atoms with Crippen molar-refractivity contribution in [1.29, 1.82) is 0 Å². The molecule has 0 radical (unpaired) electrons. The Hall–Kier alpha value is -1.13. The average Bonchev–Trinajstić information content (AvgIpc) is 2.49. The summed E-state index contributed by atoms with van der Waals surface area (Å²) in [7, 11) is 0. The molecule has 104 valence electrons. The van der Waals surface area contributed by atoms with Crippen molar-refractivity contribution in [3.05, 3.63) is 24.0 Å². The van der Waals surface area contributed by atoms with Gasteiger partial charge in [-0.25, -0.2) is 0 Å². The van der Waals surface area contributed by atoms with E-state index in [9.17, 15) is 0 Å². The van der Waals surface area contributed by atoms with E-state index < -0.39 is 0 Å². The minimum absolute atomic E-state index is 0.749. The van der Waals surface area contributed by atoms with Gasteiger partial charge in [0, 0.05) is 37.9 Å². The van der Waals surface area contributed by atoms with Crippen molar-refractivity contribution in [2.24, 2.45) is 0 Å². The molecule has 1 aromatic heterocycles. The molecule has 19 heavy (non-hydrogen) atoms. The molecule has 2 aliphatic rings. The van der Waals surface area contributed by atoms with Crippen molar-refractivity contribution in [2.75, 3.05) is 44.3 Å². The lowest BCUT2D eigenvalue weighted by atomic mass is 10.0. The third kappa shape index (κ3) is 3.07. The molecule has 2 saturated heterocycles. The van der Waals surface area contributed by atoms with Gasteiger partial charge < -0.3 is 9.64 Å². The van der Waals surface area contributed by atoms with Crippen LogP contribution in [0.5, 0.6) is 0 Å². The van der Waals surface area contributed by atoms with Crippen molar-refractivity contribution < 1.29 is 4.74 Å². The highest BCUT2D eigenvalue weighted by atomic mass is 16.5. The van der Waals surface area contributed by atoms with E-state index in [1.807, 2.05) is 13.1 Å². The summed E-state index contributed by atoms with van der Waals surface area (Å²) < 4.78 is 5.43. The molecular weight excluding hydrogens is 238 g/mol. The second-order valence-electron chi connectivity index (χ2n) is 5.52. The molecule has 4 heteroatoms. The van der Waals surface area contributed by atoms with E-state index >= 15 is 0 Å². The Morgan fingerprint density at radius 1 is 1.11 bits per heavy atom. The minimum atomic E-state index is 0.749. The van der Waals surface area contributed by atoms with E-state index in [1.54, 1.807) is 0 Å². The summed E-state index contributed by atoms with van der Waals surface area (Å²) in [5.74, 6) is 0. The van der Waals surface area contributed by atoms with Crippen LogP contribution in [0.2, 0.25) is 0 Å². The summed E-state index contributed by atoms with van der Waals surface area (Å²) in [5, 5.41) is 0. The molecule has 0 unspecified atom stereocenters. The maximum absolute atomic E-state index is 5.43. The third-order valence-corrected chi connectivity index (χ3v) is 4.29. The fourth-order valence-electron chi connectivity index (χ4n) is 3.08. The maximum Gasteiger partial charge on any atom is 0.0594 e. The zero-order chi connectivity index (χ0) is 13.1. The number of pyridine rings is 1. The Balaban J connectivity index is 1.55. The van der Waals surface area contributed by atoms with Gasteiger partial charge >= 0.3 is 0 Å². The topological polar surface area (TPSA) is 28.6 Å². The Kier molecular flexibility index (Phi) is 3.99. The van der Waals surface area contributed by atoms with Gasteiger partial charge in [-0.3, -0.25) is 9.88 Å². The van der Waals surface area contributed by atoms with Gasteiger partial charge in [-0.2, -0.15) is 0 Å². The monoisotopic (exact) mass is 261 g/mol. The van der Waals surface area contributed by atoms with E-state index in [-0.39, 0.29) is 0 Å². The Morgan fingerprint density at radius 2 is 1.84 bits per heavy atom. The van der Waals surface area contributed by atoms with Crippen molar-refractivity contribution >= 4 is 5.69 Å². The Labute approximate surface area is 115 Å². The lowest BCUT2D eigenvalue weighted by Crippen LogP contribution is -2.49. The van der Waals surface area contributed by atoms with Gasteiger partial charge in [-0.1, -0.05) is 0 Å². The number of hydrogen-bond donors (Lipinski definition) is 0. The highest BCUT2D eigenvalue weighted by Gasteiger charge is 2.25. The fraction of sp³-hybridized carbons (Fsp3) is 0.667. The summed E-state index contributed by atoms with van der Waals surface area (Å²) in [4.78, 5) is 9.46. The van der Waals surface area contributed by atoms with E-state index in [0.717, 1.165) is 51.1 Å². The van der Waals surface area contributed by atoms with Crippen LogP contribution < -0.4 is 4.90 Å². The molecule has 0 N–H and O–H groups in total. The standard InChI is InChI=1S/C15H23N3O/c1-13-2-3-15(12-16-13)17-6-4-14(5-7-17)18-8-10-19-11-9-18/h2-3,12,14H,4-11H2,1H3. The SMILES string of the molecule is Cc1ccc(N2CCC(N3CCOCC3)CC2)cn1. The summed E-state index contributed by atoms with van der Waals surface area (Å²) in [6.45, 7) is 8.35. The highest BCUT2D eigenvalue weighted by molar-refractivity contribution is 5.44. The number of hydrogen-bond acceptors (Lipinski definition) is 4. The predicted molar refractivity (Wildman–Crippen MR) is 76.6 cm³/mol. The number of nitrogens with zero attached hydrogens (tertiary/aromatic N) is 3. The van der Waals surface area contributed by atoms with Crippen LogP contribution in [0.1, 0.15) is 18.5 Å². The molecule has 1 aromatic rings. The molecule has 2 aliphatic heterocycles. The quantitative estimate of drug-likeness (QED) is 0.810. The normalized spacial score (nSPS) is 22.7. The van der Waals surface area contributed by atoms with Gasteiger partial charge in [0.2, 0.25) is 0 Å². The zero-order valence-electron chi connectivity index (χ0n) is 11.7. The Bertz CT molecular complexity index is 392. The number of aryl methyl sites for hydroxylation is 1. The average molecular weight is 261 g/mol. The third-order valence-electron chi connectivity index (χ3n) is 4.29. The van der Waals surface area contributed by atoms with Crippen LogP contribution in [0, 0.1) is 6.92 Å². The van der Waals surface area contributed by atoms with Crippen LogP contribution >= 0.6 is 0 Å². The van der Waals surface area contributed by atoms with Crippen LogP contribution in [0.3, 0.4) is 0 Å². The first-order chi connectivity index (χ1) is 9.33. The van der Waals surface area contributed by atoms with Crippen LogP contribution in [0.25, 0.3) is 0 Å². The van der Waals surface area contributed by atoms with Crippen molar-refractivity contribution in [3.8, 4) is 0 Å². The predicted octanol–water partition coefficient (Wildman–Crippen LogP) is 1.69. The van der Waals surface area contributed by atoms with E-state index in [4.69, 9.17) is 4.74 Å². The van der Waals surface area contributed by atoms with E-state index in [1.165, 1.54) is 18.5 Å². The number of aromatic nitrogens is 1. The number of ether oxygens (including phenoxy) is 1. The molecule has 0 aliphatic carbocycles. The molecule has 0 atom stereocenters. The summed E-state index contributed by atoms with van der Waals surface area (Å²) >= 11 is 0. The smallest absolute Gasteiger partial charge is 0.0594 e. The van der Waals surface area contributed by atoms with Gasteiger partial charge in [0.05, 0.1) is 25.1 Å². The lowest BCUT2D eigenvalue weighted by molar-refractivity contribution is 0.0115. The van der Waals surface area contributed by atoms with Crippen LogP contribution in [0.15, 0.2) is 18.3 Å². The molecule has 0 saturated carbocycles. The first-order valence-electron chi connectivity index (χ1n) is 7.32. The summed E-state index contributed by atoms with van der Waals surface area (Å²) in [5.41, 5.74) is 2.36. The Morgan fingerprint density at radius 3 is 2.47 bits per heavy atom. The molecular formula is C15H23N3O. The van der Waals surface area contributed by atoms with Gasteiger partial charge in [-0.05, 0) is 31.9 Å². The fourth-order valence-corrected chi connectivity index (χ4v) is 3.08. The molecule has 0 bridgehead atoms. The second-order valence-corrected chi connectivity index (χ2v) is 5.52. The van der Waals surface area contributed by atoms with Crippen LogP contribution in [-0.2, 0) is 4.74 Å². The molecule has 2 fully saturated rings. The molecule has 0 amide bonds. The maximum atomic E-state index is 5.43. The highest BCUT2D eigenvalue weighted by Crippen LogP contribution is 2.22. The zero-order valence-corrected chi connectivity index (χ0v) is 11.7. The molecule has 0 spiro atoms. The lowest BCUT2D eigenvalue weighted by Gasteiger charge is -2.40. The summed E-state index contributed by atoms with van der Waals surface area (Å²) in [6, 6.07) is 5.04. The van der Waals surface area contributed by atoms with Gasteiger partial charge in [0.25, 0.3) is 0 Å². The first-order valence-corrected chi connectivity index (χ1v) is 7.32. The van der Waals surface area contributed by atoms with Crippen molar-refractivity contribution in [2.45, 2.75) is 25.8 Å². The van der Waals surface area contributed by atoms with Gasteiger partial charge in [-0.15, -0.1) is 0 Å². The number of morpholine rings is 1. The van der Waals surface area contributed by atoms with E-state index in [2.05, 4.69) is 26.9 Å².